The fourth-order valence-corrected chi connectivity index (χ4v) is 9.74. The second-order valence-corrected chi connectivity index (χ2v) is 16.7. The lowest BCUT2D eigenvalue weighted by Crippen LogP contribution is -2.62. The molecule has 1 saturated heterocycles. The highest BCUT2D eigenvalue weighted by Crippen LogP contribution is 2.61. The fourth-order valence-electron chi connectivity index (χ4n) is 9.74. The highest BCUT2D eigenvalue weighted by molar-refractivity contribution is 5.98. The smallest absolute Gasteiger partial charge is 0.255 e. The third-order valence-electron chi connectivity index (χ3n) is 13.0. The Kier molecular flexibility index (Phi) is 10.7. The molecule has 0 spiro atoms. The first-order valence-corrected chi connectivity index (χ1v) is 19.4. The van der Waals surface area contributed by atoms with Gasteiger partial charge in [0.2, 0.25) is 5.91 Å². The van der Waals surface area contributed by atoms with Crippen molar-refractivity contribution < 1.29 is 29.4 Å². The third kappa shape index (κ3) is 7.05. The van der Waals surface area contributed by atoms with E-state index in [1.54, 1.807) is 19.1 Å². The van der Waals surface area contributed by atoms with Gasteiger partial charge in [0.15, 0.2) is 0 Å². The zero-order chi connectivity index (χ0) is 38.5. The van der Waals surface area contributed by atoms with E-state index in [-0.39, 0.29) is 36.4 Å². The number of ether oxygens (including phenoxy) is 1. The van der Waals surface area contributed by atoms with Crippen LogP contribution in [0.3, 0.4) is 0 Å². The zero-order valence-electron chi connectivity index (χ0n) is 32.6. The molecular weight excluding hydrogens is 681 g/mol. The first-order valence-electron chi connectivity index (χ1n) is 19.4. The van der Waals surface area contributed by atoms with E-state index < -0.39 is 24.2 Å². The normalized spacial score (nSPS) is 27.6. The van der Waals surface area contributed by atoms with Crippen LogP contribution in [0.4, 0.5) is 5.69 Å². The predicted molar refractivity (Wildman–Crippen MR) is 210 cm³/mol. The second-order valence-electron chi connectivity index (χ2n) is 16.7. The van der Waals surface area contributed by atoms with Gasteiger partial charge < -0.3 is 30.5 Å². The van der Waals surface area contributed by atoms with Crippen LogP contribution >= 0.6 is 0 Å². The number of carbonyl (C=O) groups is 2. The highest BCUT2D eigenvalue weighted by atomic mass is 16.7. The van der Waals surface area contributed by atoms with E-state index in [0.717, 1.165) is 40.9 Å². The Hall–Kier alpha value is -4.22. The summed E-state index contributed by atoms with van der Waals surface area (Å²) in [5.41, 5.74) is 7.38. The van der Waals surface area contributed by atoms with E-state index in [1.165, 1.54) is 17.5 Å². The molecule has 5 aliphatic rings. The van der Waals surface area contributed by atoms with Crippen molar-refractivity contribution in [2.24, 2.45) is 29.1 Å². The topological polar surface area (TPSA) is 124 Å². The predicted octanol–water partition coefficient (Wildman–Crippen LogP) is 5.50. The summed E-state index contributed by atoms with van der Waals surface area (Å²) in [6.07, 6.45) is 4.01. The Morgan fingerprint density at radius 1 is 1.07 bits per heavy atom. The van der Waals surface area contributed by atoms with Gasteiger partial charge in [0.05, 0.1) is 26.4 Å². The van der Waals surface area contributed by atoms with Crippen LogP contribution < -0.4 is 20.3 Å². The summed E-state index contributed by atoms with van der Waals surface area (Å²) in [6, 6.07) is 19.1. The summed E-state index contributed by atoms with van der Waals surface area (Å²) >= 11 is 0. The van der Waals surface area contributed by atoms with Crippen LogP contribution in [-0.2, 0) is 29.0 Å². The average Bonchev–Trinajstić information content (AvgIpc) is 3.53. The quantitative estimate of drug-likeness (QED) is 0.204. The number of amides is 2. The number of methoxy groups -OCH3 is 1. The monoisotopic (exact) mass is 736 g/mol. The van der Waals surface area contributed by atoms with E-state index in [4.69, 9.17) is 9.57 Å². The van der Waals surface area contributed by atoms with Gasteiger partial charge >= 0.3 is 0 Å². The molecule has 2 bridgehead atoms. The molecule has 1 heterocycles. The Balaban J connectivity index is 1.16. The minimum atomic E-state index is -0.898. The van der Waals surface area contributed by atoms with Gasteiger partial charge in [-0.05, 0) is 84.2 Å². The van der Waals surface area contributed by atoms with E-state index in [1.807, 2.05) is 67.5 Å². The van der Waals surface area contributed by atoms with Gasteiger partial charge in [-0.2, -0.15) is 5.06 Å². The number of carbonyl (C=O) groups excluding carboxylic acids is 2. The number of fused-ring (bicyclic) bond motifs is 3. The van der Waals surface area contributed by atoms with Crippen molar-refractivity contribution in [3.63, 3.8) is 0 Å². The van der Waals surface area contributed by atoms with Crippen LogP contribution in [-0.4, -0.2) is 79.2 Å². The molecular formula is C44H56N4O6. The minimum absolute atomic E-state index is 0.0393. The maximum absolute atomic E-state index is 14.3. The molecule has 8 rings (SSSR count). The molecule has 3 aromatic carbocycles. The first kappa shape index (κ1) is 38.1. The van der Waals surface area contributed by atoms with E-state index in [2.05, 4.69) is 49.6 Å². The van der Waals surface area contributed by atoms with E-state index >= 15 is 0 Å². The van der Waals surface area contributed by atoms with Gasteiger partial charge in [0.25, 0.3) is 5.91 Å². The number of aliphatic hydroxyl groups excluding tert-OH is 2. The van der Waals surface area contributed by atoms with Crippen molar-refractivity contribution in [3.05, 3.63) is 94.7 Å². The summed E-state index contributed by atoms with van der Waals surface area (Å²) in [7, 11) is 5.50. The number of anilines is 1. The summed E-state index contributed by atoms with van der Waals surface area (Å²) in [5, 5.41) is 29.4. The molecule has 0 unspecified atom stereocenters. The number of hydrogen-bond donors (Lipinski definition) is 4. The first-order chi connectivity index (χ1) is 25.8. The summed E-state index contributed by atoms with van der Waals surface area (Å²) in [4.78, 5) is 36.3. The molecule has 4 N–H and O–H groups in total. The molecule has 10 heteroatoms. The number of hydrogen-bond acceptors (Lipinski definition) is 8. The number of rotatable bonds is 11. The molecule has 3 aromatic rings. The molecule has 54 heavy (non-hydrogen) atoms. The largest absolute Gasteiger partial charge is 0.496 e. The van der Waals surface area contributed by atoms with Crippen LogP contribution in [0.25, 0.3) is 11.1 Å². The SMILES string of the molecule is COc1c(CN2O[C@@H](CO)[C@H]([C@H](C)O)[C@H]2C(=O)N[C@H]2C[C@H]3C[C@@H]([C@@H]2C)C3(C)C)cccc1-c1cc(C(=O)NC2=CCc3ccccc3C2)cc(N(C)C)c1. The van der Waals surface area contributed by atoms with E-state index in [9.17, 15) is 19.8 Å². The van der Waals surface area contributed by atoms with Crippen molar-refractivity contribution in [1.29, 1.82) is 0 Å². The van der Waals surface area contributed by atoms with Crippen LogP contribution in [0.5, 0.6) is 5.75 Å². The van der Waals surface area contributed by atoms with Crippen molar-refractivity contribution >= 4 is 17.5 Å². The Morgan fingerprint density at radius 2 is 1.83 bits per heavy atom. The van der Waals surface area contributed by atoms with Crippen LogP contribution in [0.2, 0.25) is 0 Å². The lowest BCUT2D eigenvalue weighted by atomic mass is 9.45. The molecule has 8 atom stereocenters. The van der Waals surface area contributed by atoms with Gasteiger partial charge in [-0.15, -0.1) is 0 Å². The van der Waals surface area contributed by atoms with Crippen molar-refractivity contribution in [2.75, 3.05) is 32.7 Å². The van der Waals surface area contributed by atoms with Crippen molar-refractivity contribution in [2.45, 2.75) is 84.2 Å². The Morgan fingerprint density at radius 3 is 2.50 bits per heavy atom. The molecule has 4 aliphatic carbocycles. The standard InChI is InChI=1S/C44H56N4O6/c1-25-36-21-32(44(36,3)4)22-37(25)46-43(52)40-39(26(2)50)38(24-49)54-48(40)23-29-13-10-14-35(41(29)53-7)30-17-31(20-34(19-30)47(5)6)42(51)45-33-16-15-27-11-8-9-12-28(27)18-33/h8-14,16-17,19-20,25-26,32,36-40,49-50H,15,18,21-24H2,1-7H3,(H,45,51)(H,46,52)/t25-,26-,32+,36-,37-,38-,39-,40-/m0/s1. The summed E-state index contributed by atoms with van der Waals surface area (Å²) in [6.45, 7) is 8.40. The number of hydroxylamine groups is 2. The van der Waals surface area contributed by atoms with Crippen LogP contribution in [0, 0.1) is 29.1 Å². The number of nitrogens with zero attached hydrogens (tertiary/aromatic N) is 2. The minimum Gasteiger partial charge on any atom is -0.496 e. The summed E-state index contributed by atoms with van der Waals surface area (Å²) in [5.74, 6) is 1.02. The average molecular weight is 737 g/mol. The zero-order valence-corrected chi connectivity index (χ0v) is 32.6. The van der Waals surface area contributed by atoms with Gasteiger partial charge in [-0.3, -0.25) is 14.4 Å². The van der Waals surface area contributed by atoms with Crippen molar-refractivity contribution in [3.8, 4) is 16.9 Å². The summed E-state index contributed by atoms with van der Waals surface area (Å²) < 4.78 is 6.09. The molecule has 1 aliphatic heterocycles. The number of para-hydroxylation sites is 1. The van der Waals surface area contributed by atoms with Crippen molar-refractivity contribution in [1.82, 2.24) is 15.7 Å². The maximum Gasteiger partial charge on any atom is 0.255 e. The Bertz CT molecular complexity index is 1920. The fraction of sp³-hybridized carbons (Fsp3) is 0.500. The number of nitrogens with one attached hydrogen (secondary N) is 2. The number of allylic oxidation sites excluding steroid dienone is 2. The van der Waals surface area contributed by atoms with Gasteiger partial charge in [0, 0.05) is 60.6 Å². The molecule has 4 fully saturated rings. The molecule has 2 amide bonds. The lowest BCUT2D eigenvalue weighted by Gasteiger charge is -2.62. The third-order valence-corrected chi connectivity index (χ3v) is 13.0. The molecule has 3 saturated carbocycles. The second kappa shape index (κ2) is 15.1. The van der Waals surface area contributed by atoms with Crippen LogP contribution in [0.15, 0.2) is 72.4 Å². The van der Waals surface area contributed by atoms with Gasteiger partial charge in [-0.25, -0.2) is 0 Å². The molecule has 288 valence electrons. The molecule has 0 radical (unpaired) electrons. The van der Waals surface area contributed by atoms with Gasteiger partial charge in [-0.1, -0.05) is 69.3 Å². The number of benzene rings is 3. The number of aliphatic hydroxyl groups is 2. The Labute approximate surface area is 319 Å². The van der Waals surface area contributed by atoms with Gasteiger partial charge in [0.1, 0.15) is 17.9 Å². The maximum atomic E-state index is 14.3. The van der Waals surface area contributed by atoms with Crippen LogP contribution in [0.1, 0.15) is 67.6 Å². The lowest BCUT2D eigenvalue weighted by molar-refractivity contribution is -0.183. The highest BCUT2D eigenvalue weighted by Gasteiger charge is 2.57. The molecule has 10 nitrogen and oxygen atoms in total. The van der Waals surface area contributed by atoms with E-state index in [0.29, 0.717) is 35.5 Å². The molecule has 0 aromatic heterocycles.